The molecule has 2 aromatic rings. The second-order valence-corrected chi connectivity index (χ2v) is 4.64. The van der Waals surface area contributed by atoms with Gasteiger partial charge in [-0.3, -0.25) is 4.79 Å². The summed E-state index contributed by atoms with van der Waals surface area (Å²) in [6, 6.07) is 9.52. The zero-order chi connectivity index (χ0) is 15.9. The number of ether oxygens (including phenoxy) is 1. The van der Waals surface area contributed by atoms with Gasteiger partial charge in [0.25, 0.3) is 5.91 Å². The van der Waals surface area contributed by atoms with E-state index in [0.29, 0.717) is 29.9 Å². The first-order chi connectivity index (χ1) is 10.6. The lowest BCUT2D eigenvalue weighted by Gasteiger charge is -2.09. The topological polar surface area (TPSA) is 88.8 Å². The number of hydrogen-bond donors (Lipinski definition) is 2. The minimum Gasteiger partial charge on any atom is -0.467 e. The van der Waals surface area contributed by atoms with Crippen LogP contribution in [0.25, 0.3) is 0 Å². The molecule has 0 spiro atoms. The van der Waals surface area contributed by atoms with Crippen LogP contribution in [-0.4, -0.2) is 30.6 Å². The fourth-order valence-corrected chi connectivity index (χ4v) is 1.92. The van der Waals surface area contributed by atoms with Crippen molar-refractivity contribution in [3.8, 4) is 0 Å². The number of benzene rings is 1. The van der Waals surface area contributed by atoms with Crippen molar-refractivity contribution in [3.05, 3.63) is 59.5 Å². The molecule has 0 fully saturated rings. The number of carbonyl (C=O) groups is 2. The summed E-state index contributed by atoms with van der Waals surface area (Å²) in [4.78, 5) is 23.2. The first kappa shape index (κ1) is 15.8. The molecule has 0 bridgehead atoms. The maximum atomic E-state index is 11.9. The van der Waals surface area contributed by atoms with Gasteiger partial charge in [-0.2, -0.15) is 0 Å². The monoisotopic (exact) mass is 303 g/mol. The molecule has 22 heavy (non-hydrogen) atoms. The molecular formula is C16H17NO5. The number of esters is 1. The van der Waals surface area contributed by atoms with E-state index in [1.54, 1.807) is 24.3 Å². The summed E-state index contributed by atoms with van der Waals surface area (Å²) in [7, 11) is 1.30. The molecule has 1 amide bonds. The molecule has 0 aliphatic carbocycles. The largest absolute Gasteiger partial charge is 0.467 e. The Hall–Kier alpha value is -2.60. The first-order valence-electron chi connectivity index (χ1n) is 6.80. The van der Waals surface area contributed by atoms with Crippen molar-refractivity contribution in [2.45, 2.75) is 12.5 Å². The molecule has 0 saturated carbocycles. The molecule has 6 heteroatoms. The van der Waals surface area contributed by atoms with Crippen LogP contribution >= 0.6 is 0 Å². The molecule has 0 saturated heterocycles. The molecule has 6 nitrogen and oxygen atoms in total. The van der Waals surface area contributed by atoms with Crippen LogP contribution in [0.15, 0.2) is 47.1 Å². The Morgan fingerprint density at radius 3 is 2.50 bits per heavy atom. The van der Waals surface area contributed by atoms with Crippen LogP contribution < -0.4 is 5.32 Å². The maximum Gasteiger partial charge on any atom is 0.337 e. The Kier molecular flexibility index (Phi) is 5.32. The van der Waals surface area contributed by atoms with Gasteiger partial charge in [-0.25, -0.2) is 4.79 Å². The molecule has 2 rings (SSSR count). The van der Waals surface area contributed by atoms with Gasteiger partial charge in [-0.05, 0) is 42.8 Å². The van der Waals surface area contributed by atoms with E-state index in [1.807, 2.05) is 0 Å². The van der Waals surface area contributed by atoms with Crippen molar-refractivity contribution in [1.82, 2.24) is 5.32 Å². The van der Waals surface area contributed by atoms with Gasteiger partial charge in [0.05, 0.1) is 18.9 Å². The van der Waals surface area contributed by atoms with Crippen molar-refractivity contribution >= 4 is 11.9 Å². The van der Waals surface area contributed by atoms with Crippen molar-refractivity contribution in [2.75, 3.05) is 13.7 Å². The second-order valence-electron chi connectivity index (χ2n) is 4.64. The second kappa shape index (κ2) is 7.42. The third-order valence-corrected chi connectivity index (χ3v) is 3.14. The highest BCUT2D eigenvalue weighted by Gasteiger charge is 2.12. The van der Waals surface area contributed by atoms with Crippen LogP contribution in [0, 0.1) is 0 Å². The zero-order valence-corrected chi connectivity index (χ0v) is 12.1. The summed E-state index contributed by atoms with van der Waals surface area (Å²) >= 11 is 0. The summed E-state index contributed by atoms with van der Waals surface area (Å²) in [5, 5.41) is 12.5. The lowest BCUT2D eigenvalue weighted by molar-refractivity contribution is 0.0600. The Balaban J connectivity index is 1.83. The van der Waals surface area contributed by atoms with E-state index < -0.39 is 12.1 Å². The molecule has 0 radical (unpaired) electrons. The zero-order valence-electron chi connectivity index (χ0n) is 12.1. The molecule has 2 N–H and O–H groups in total. The predicted octanol–water partition coefficient (Wildman–Crippen LogP) is 1.92. The van der Waals surface area contributed by atoms with Gasteiger partial charge in [0.1, 0.15) is 11.9 Å². The molecule has 0 aliphatic heterocycles. The summed E-state index contributed by atoms with van der Waals surface area (Å²) in [5.41, 5.74) is 0.812. The predicted molar refractivity (Wildman–Crippen MR) is 78.4 cm³/mol. The minimum absolute atomic E-state index is 0.275. The molecule has 0 unspecified atom stereocenters. The lowest BCUT2D eigenvalue weighted by Crippen LogP contribution is -2.25. The Morgan fingerprint density at radius 1 is 1.23 bits per heavy atom. The van der Waals surface area contributed by atoms with Crippen LogP contribution in [0.2, 0.25) is 0 Å². The number of aliphatic hydroxyl groups excluding tert-OH is 1. The highest BCUT2D eigenvalue weighted by molar-refractivity contribution is 5.96. The van der Waals surface area contributed by atoms with Crippen LogP contribution in [0.4, 0.5) is 0 Å². The first-order valence-corrected chi connectivity index (χ1v) is 6.80. The molecule has 1 aromatic carbocycles. The van der Waals surface area contributed by atoms with E-state index >= 15 is 0 Å². The van der Waals surface area contributed by atoms with E-state index in [9.17, 15) is 14.7 Å². The van der Waals surface area contributed by atoms with Crippen LogP contribution in [0.5, 0.6) is 0 Å². The van der Waals surface area contributed by atoms with Gasteiger partial charge >= 0.3 is 5.97 Å². The standard InChI is InChI=1S/C16H17NO5/c1-21-16(20)12-6-4-11(5-7-12)15(19)17-9-8-13(18)14-3-2-10-22-14/h2-7,10,13,18H,8-9H2,1H3,(H,17,19)/t13-/m0/s1. The molecule has 0 aliphatic rings. The Bertz CT molecular complexity index is 618. The Labute approximate surface area is 127 Å². The minimum atomic E-state index is -0.753. The van der Waals surface area contributed by atoms with E-state index in [2.05, 4.69) is 10.1 Å². The van der Waals surface area contributed by atoms with Gasteiger partial charge in [-0.15, -0.1) is 0 Å². The molecule has 116 valence electrons. The number of rotatable bonds is 6. The number of amides is 1. The summed E-state index contributed by atoms with van der Waals surface area (Å²) in [5.74, 6) is -0.256. The van der Waals surface area contributed by atoms with Gasteiger partial charge in [-0.1, -0.05) is 0 Å². The van der Waals surface area contributed by atoms with Crippen molar-refractivity contribution in [3.63, 3.8) is 0 Å². The van der Waals surface area contributed by atoms with Crippen LogP contribution in [-0.2, 0) is 4.74 Å². The highest BCUT2D eigenvalue weighted by Crippen LogP contribution is 2.15. The number of aliphatic hydroxyl groups is 1. The van der Waals surface area contributed by atoms with E-state index in [4.69, 9.17) is 4.42 Å². The SMILES string of the molecule is COC(=O)c1ccc(C(=O)NCC[C@H](O)c2ccco2)cc1. The average Bonchev–Trinajstić information content (AvgIpc) is 3.08. The summed E-state index contributed by atoms with van der Waals surface area (Å²) in [6.45, 7) is 0.305. The normalized spacial score (nSPS) is 11.7. The van der Waals surface area contributed by atoms with E-state index in [0.717, 1.165) is 0 Å². The molecule has 1 atom stereocenters. The molecular weight excluding hydrogens is 286 g/mol. The number of furan rings is 1. The van der Waals surface area contributed by atoms with Crippen molar-refractivity contribution in [2.24, 2.45) is 0 Å². The third kappa shape index (κ3) is 3.95. The van der Waals surface area contributed by atoms with Crippen molar-refractivity contribution in [1.29, 1.82) is 0 Å². The van der Waals surface area contributed by atoms with E-state index in [-0.39, 0.29) is 5.91 Å². The number of hydrogen-bond acceptors (Lipinski definition) is 5. The van der Waals surface area contributed by atoms with Crippen LogP contribution in [0.3, 0.4) is 0 Å². The fourth-order valence-electron chi connectivity index (χ4n) is 1.92. The highest BCUT2D eigenvalue weighted by atomic mass is 16.5. The number of nitrogens with one attached hydrogen (secondary N) is 1. The summed E-state index contributed by atoms with van der Waals surface area (Å²) in [6.07, 6.45) is 1.08. The van der Waals surface area contributed by atoms with Gasteiger partial charge < -0.3 is 19.6 Å². The quantitative estimate of drug-likeness (QED) is 0.796. The van der Waals surface area contributed by atoms with Crippen molar-refractivity contribution < 1.29 is 23.8 Å². The lowest BCUT2D eigenvalue weighted by atomic mass is 10.1. The Morgan fingerprint density at radius 2 is 1.91 bits per heavy atom. The maximum absolute atomic E-state index is 11.9. The molecule has 1 heterocycles. The third-order valence-electron chi connectivity index (χ3n) is 3.14. The van der Waals surface area contributed by atoms with Crippen LogP contribution in [0.1, 0.15) is 39.0 Å². The summed E-state index contributed by atoms with van der Waals surface area (Å²) < 4.78 is 9.66. The average molecular weight is 303 g/mol. The van der Waals surface area contributed by atoms with Gasteiger partial charge in [0, 0.05) is 12.1 Å². The van der Waals surface area contributed by atoms with Gasteiger partial charge in [0.2, 0.25) is 0 Å². The number of carbonyl (C=O) groups excluding carboxylic acids is 2. The van der Waals surface area contributed by atoms with Gasteiger partial charge in [0.15, 0.2) is 0 Å². The number of methoxy groups -OCH3 is 1. The fraction of sp³-hybridized carbons (Fsp3) is 0.250. The molecule has 1 aromatic heterocycles. The van der Waals surface area contributed by atoms with E-state index in [1.165, 1.54) is 25.5 Å². The smallest absolute Gasteiger partial charge is 0.337 e.